The van der Waals surface area contributed by atoms with Gasteiger partial charge in [0.25, 0.3) is 0 Å². The van der Waals surface area contributed by atoms with E-state index in [1.807, 2.05) is 52.0 Å². The van der Waals surface area contributed by atoms with E-state index in [4.69, 9.17) is 0 Å². The number of aromatic nitrogens is 1. The van der Waals surface area contributed by atoms with Gasteiger partial charge in [0, 0.05) is 10.9 Å². The molecule has 0 radical (unpaired) electrons. The highest BCUT2D eigenvalue weighted by Crippen LogP contribution is 2.14. The molecule has 1 heterocycles. The Labute approximate surface area is 194 Å². The van der Waals surface area contributed by atoms with Gasteiger partial charge >= 0.3 is 0 Å². The van der Waals surface area contributed by atoms with Gasteiger partial charge in [-0.1, -0.05) is 106 Å². The lowest BCUT2D eigenvalue weighted by Crippen LogP contribution is -2.32. The zero-order valence-corrected chi connectivity index (χ0v) is 20.2. The summed E-state index contributed by atoms with van der Waals surface area (Å²) >= 11 is 0. The maximum Gasteiger partial charge on any atom is 0.0963 e. The molecule has 0 aliphatic heterocycles. The van der Waals surface area contributed by atoms with Crippen molar-refractivity contribution >= 4 is 24.6 Å². The standard InChI is InChI=1S/C18H18N2.C10H12.C2H6/c1-5-15-16(14-10-8-7-9-11-14)12-13(3)20-18(15)17(6-2)19-4;1-2-3-7-10-8-5-4-6-9-10;1-2/h5-12H,2,4H2,1,3H3;3-9H,2H2,1H3;1-2H3/b15-5-,18-17-;7-3+;. The lowest BCUT2D eigenvalue weighted by atomic mass is 10.0. The minimum atomic E-state index is 0.707. The van der Waals surface area contributed by atoms with Crippen molar-refractivity contribution in [2.24, 2.45) is 4.99 Å². The van der Waals surface area contributed by atoms with Gasteiger partial charge in [0.2, 0.25) is 0 Å². The molecule has 0 fully saturated rings. The number of aliphatic imine (C=N–C) groups is 1. The summed E-state index contributed by atoms with van der Waals surface area (Å²) in [6.07, 6.45) is 9.15. The van der Waals surface area contributed by atoms with Crippen LogP contribution in [0.1, 0.15) is 45.4 Å². The maximum atomic E-state index is 4.60. The molecule has 2 heteroatoms. The molecule has 166 valence electrons. The van der Waals surface area contributed by atoms with Crippen LogP contribution in [0.25, 0.3) is 29.0 Å². The number of hydrogen-bond acceptors (Lipinski definition) is 2. The van der Waals surface area contributed by atoms with E-state index >= 15 is 0 Å². The molecule has 0 N–H and O–H groups in total. The normalized spacial score (nSPS) is 11.6. The Bertz CT molecular complexity index is 1100. The van der Waals surface area contributed by atoms with Gasteiger partial charge in [0.15, 0.2) is 0 Å². The van der Waals surface area contributed by atoms with Gasteiger partial charge in [-0.15, -0.1) is 0 Å². The fourth-order valence-electron chi connectivity index (χ4n) is 3.08. The lowest BCUT2D eigenvalue weighted by Gasteiger charge is -2.06. The second-order valence-electron chi connectivity index (χ2n) is 6.70. The van der Waals surface area contributed by atoms with E-state index in [1.165, 1.54) is 11.1 Å². The van der Waals surface area contributed by atoms with Crippen molar-refractivity contribution in [2.45, 2.75) is 41.0 Å². The molecule has 0 saturated carbocycles. The Balaban J connectivity index is 0.000000358. The first kappa shape index (κ1) is 26.5. The Hall–Kier alpha value is -3.52. The van der Waals surface area contributed by atoms with Crippen LogP contribution in [-0.4, -0.2) is 11.7 Å². The minimum Gasteiger partial charge on any atom is -0.262 e. The van der Waals surface area contributed by atoms with Crippen LogP contribution < -0.4 is 10.6 Å². The monoisotopic (exact) mass is 424 g/mol. The molecule has 0 unspecified atom stereocenters. The average Bonchev–Trinajstić information content (AvgIpc) is 2.86. The summed E-state index contributed by atoms with van der Waals surface area (Å²) in [6, 6.07) is 22.7. The highest BCUT2D eigenvalue weighted by atomic mass is 14.8. The summed E-state index contributed by atoms with van der Waals surface area (Å²) in [5.74, 6) is 0. The predicted molar refractivity (Wildman–Crippen MR) is 144 cm³/mol. The zero-order valence-electron chi connectivity index (χ0n) is 20.2. The second-order valence-corrected chi connectivity index (χ2v) is 6.70. The predicted octanol–water partition coefficient (Wildman–Crippen LogP) is 6.99. The van der Waals surface area contributed by atoms with Crippen molar-refractivity contribution in [1.29, 1.82) is 0 Å². The third-order valence-corrected chi connectivity index (χ3v) is 4.51. The molecule has 2 aromatic carbocycles. The van der Waals surface area contributed by atoms with E-state index in [-0.39, 0.29) is 0 Å². The van der Waals surface area contributed by atoms with E-state index in [0.29, 0.717) is 5.70 Å². The molecule has 0 saturated heterocycles. The Kier molecular flexibility index (Phi) is 12.7. The Morgan fingerprint density at radius 1 is 1.00 bits per heavy atom. The summed E-state index contributed by atoms with van der Waals surface area (Å²) in [6.45, 7) is 17.5. The highest BCUT2D eigenvalue weighted by molar-refractivity contribution is 5.68. The van der Waals surface area contributed by atoms with Gasteiger partial charge in [-0.2, -0.15) is 0 Å². The first-order chi connectivity index (χ1) is 15.6. The average molecular weight is 425 g/mol. The van der Waals surface area contributed by atoms with Crippen LogP contribution in [0.5, 0.6) is 0 Å². The quantitative estimate of drug-likeness (QED) is 0.405. The molecule has 0 amide bonds. The molecule has 0 atom stereocenters. The van der Waals surface area contributed by atoms with Crippen molar-refractivity contribution in [3.8, 4) is 11.1 Å². The van der Waals surface area contributed by atoms with Crippen LogP contribution in [0.3, 0.4) is 0 Å². The van der Waals surface area contributed by atoms with Crippen molar-refractivity contribution in [3.63, 3.8) is 0 Å². The molecule has 0 bridgehead atoms. The molecule has 3 rings (SSSR count). The van der Waals surface area contributed by atoms with Crippen LogP contribution in [0.15, 0.2) is 90.5 Å². The maximum absolute atomic E-state index is 4.60. The molecular formula is C30H36N2. The first-order valence-electron chi connectivity index (χ1n) is 11.2. The van der Waals surface area contributed by atoms with Crippen molar-refractivity contribution in [2.75, 3.05) is 0 Å². The summed E-state index contributed by atoms with van der Waals surface area (Å²) in [4.78, 5) is 8.63. The van der Waals surface area contributed by atoms with Crippen LogP contribution >= 0.6 is 0 Å². The minimum absolute atomic E-state index is 0.707. The second kappa shape index (κ2) is 15.3. The molecule has 0 spiro atoms. The fraction of sp³-hybridized carbons (Fsp3) is 0.200. The fourth-order valence-corrected chi connectivity index (χ4v) is 3.08. The van der Waals surface area contributed by atoms with E-state index in [0.717, 1.165) is 28.2 Å². The van der Waals surface area contributed by atoms with Crippen LogP contribution in [0.4, 0.5) is 0 Å². The van der Waals surface area contributed by atoms with Gasteiger partial charge in [-0.05, 0) is 55.8 Å². The van der Waals surface area contributed by atoms with Crippen LogP contribution in [0.2, 0.25) is 0 Å². The number of aryl methyl sites for hydroxylation is 1. The third-order valence-electron chi connectivity index (χ3n) is 4.51. The molecular weight excluding hydrogens is 388 g/mol. The molecule has 3 aromatic rings. The topological polar surface area (TPSA) is 25.2 Å². The number of allylic oxidation sites excluding steroid dienone is 1. The molecule has 2 nitrogen and oxygen atoms in total. The van der Waals surface area contributed by atoms with Crippen LogP contribution in [-0.2, 0) is 0 Å². The number of nitrogens with zero attached hydrogens (tertiary/aromatic N) is 2. The van der Waals surface area contributed by atoms with Gasteiger partial charge in [-0.3, -0.25) is 9.98 Å². The van der Waals surface area contributed by atoms with Crippen molar-refractivity contribution in [3.05, 3.63) is 107 Å². The van der Waals surface area contributed by atoms with E-state index < -0.39 is 0 Å². The number of rotatable bonds is 5. The lowest BCUT2D eigenvalue weighted by molar-refractivity contribution is 1.12. The molecule has 0 aliphatic carbocycles. The third kappa shape index (κ3) is 7.96. The van der Waals surface area contributed by atoms with Gasteiger partial charge in [0.1, 0.15) is 0 Å². The van der Waals surface area contributed by atoms with Gasteiger partial charge < -0.3 is 0 Å². The molecule has 1 aromatic heterocycles. The van der Waals surface area contributed by atoms with Crippen molar-refractivity contribution < 1.29 is 0 Å². The number of hydrogen-bond donors (Lipinski definition) is 0. The van der Waals surface area contributed by atoms with Gasteiger partial charge in [0.05, 0.1) is 11.0 Å². The van der Waals surface area contributed by atoms with E-state index in [2.05, 4.69) is 90.9 Å². The summed E-state index contributed by atoms with van der Waals surface area (Å²) < 4.78 is 0. The summed E-state index contributed by atoms with van der Waals surface area (Å²) in [5.41, 5.74) is 5.26. The van der Waals surface area contributed by atoms with Crippen molar-refractivity contribution in [1.82, 2.24) is 4.98 Å². The van der Waals surface area contributed by atoms with E-state index in [1.54, 1.807) is 6.08 Å². The smallest absolute Gasteiger partial charge is 0.0963 e. The zero-order chi connectivity index (χ0) is 23.8. The van der Waals surface area contributed by atoms with Gasteiger partial charge in [-0.25, -0.2) is 0 Å². The number of pyridine rings is 1. The number of benzene rings is 2. The molecule has 0 aliphatic rings. The summed E-state index contributed by atoms with van der Waals surface area (Å²) in [7, 11) is 0. The van der Waals surface area contributed by atoms with Crippen LogP contribution in [0, 0.1) is 6.92 Å². The Morgan fingerprint density at radius 3 is 2.09 bits per heavy atom. The largest absolute Gasteiger partial charge is 0.262 e. The SMILES string of the molecule is C=C/C(N=C)=c1/nc(C)cc(-c2ccccc2)/c1=C/C.CC.CC/C=C/c1ccccc1. The molecule has 32 heavy (non-hydrogen) atoms. The summed E-state index contributed by atoms with van der Waals surface area (Å²) in [5, 5.41) is 1.89. The Morgan fingerprint density at radius 2 is 1.59 bits per heavy atom. The highest BCUT2D eigenvalue weighted by Gasteiger charge is 2.04. The van der Waals surface area contributed by atoms with E-state index in [9.17, 15) is 0 Å². The first-order valence-corrected chi connectivity index (χ1v) is 11.2.